The fraction of sp³-hybridized carbons (Fsp3) is 0.444. The average molecular weight is 447 g/mol. The van der Waals surface area contributed by atoms with Crippen molar-refractivity contribution in [3.8, 4) is 11.4 Å². The smallest absolute Gasteiger partial charge is 0.241 e. The number of carbonyl (C=O) groups is 1. The van der Waals surface area contributed by atoms with Gasteiger partial charge in [-0.3, -0.25) is 9.69 Å². The van der Waals surface area contributed by atoms with Gasteiger partial charge >= 0.3 is 0 Å². The van der Waals surface area contributed by atoms with Crippen LogP contribution < -0.4 is 5.32 Å². The first-order valence-corrected chi connectivity index (χ1v) is 11.7. The van der Waals surface area contributed by atoms with E-state index >= 15 is 0 Å². The summed E-state index contributed by atoms with van der Waals surface area (Å²) >= 11 is 0. The fourth-order valence-corrected chi connectivity index (χ4v) is 4.45. The van der Waals surface area contributed by atoms with Gasteiger partial charge in [-0.2, -0.15) is 4.98 Å². The predicted octanol–water partition coefficient (Wildman–Crippen LogP) is 5.50. The lowest BCUT2D eigenvalue weighted by molar-refractivity contribution is -0.121. The van der Waals surface area contributed by atoms with E-state index in [1.54, 1.807) is 0 Å². The molecule has 1 atom stereocenters. The van der Waals surface area contributed by atoms with E-state index in [9.17, 15) is 4.79 Å². The largest absolute Gasteiger partial charge is 0.338 e. The second-order valence-corrected chi connectivity index (χ2v) is 10.3. The summed E-state index contributed by atoms with van der Waals surface area (Å²) in [7, 11) is 0. The molecule has 0 saturated carbocycles. The number of likely N-dealkylation sites (tertiary alicyclic amines) is 1. The third kappa shape index (κ3) is 5.88. The molecule has 6 heteroatoms. The van der Waals surface area contributed by atoms with Gasteiger partial charge in [0.15, 0.2) is 0 Å². The van der Waals surface area contributed by atoms with E-state index in [4.69, 9.17) is 4.52 Å². The summed E-state index contributed by atoms with van der Waals surface area (Å²) < 4.78 is 5.53. The van der Waals surface area contributed by atoms with Crippen LogP contribution in [0.25, 0.3) is 11.4 Å². The van der Waals surface area contributed by atoms with Crippen LogP contribution in [0, 0.1) is 19.8 Å². The number of carbonyl (C=O) groups excluding carboxylic acids is 1. The third-order valence-corrected chi connectivity index (χ3v) is 6.20. The number of nitrogens with zero attached hydrogens (tertiary/aromatic N) is 3. The van der Waals surface area contributed by atoms with Crippen LogP contribution in [0.15, 0.2) is 47.0 Å². The van der Waals surface area contributed by atoms with Gasteiger partial charge in [0.2, 0.25) is 17.6 Å². The van der Waals surface area contributed by atoms with Gasteiger partial charge in [-0.05, 0) is 67.5 Å². The van der Waals surface area contributed by atoms with Crippen LogP contribution in [0.4, 0.5) is 5.69 Å². The second kappa shape index (κ2) is 9.48. The van der Waals surface area contributed by atoms with E-state index in [1.165, 1.54) is 5.56 Å². The van der Waals surface area contributed by atoms with Crippen molar-refractivity contribution in [2.24, 2.45) is 5.92 Å². The topological polar surface area (TPSA) is 71.3 Å². The number of anilines is 1. The Bertz CT molecular complexity index is 1090. The van der Waals surface area contributed by atoms with Crippen LogP contribution in [-0.2, 0) is 16.8 Å². The molecule has 4 rings (SSSR count). The fourth-order valence-electron chi connectivity index (χ4n) is 4.45. The standard InChI is InChI=1S/C27H34N4O2/c1-18-13-19(2)15-23(14-18)28-26(32)21-7-6-12-31(16-21)17-24-29-25(30-33-24)20-8-10-22(11-9-20)27(3,4)5/h8-11,13-15,21H,6-7,12,16-17H2,1-5H3,(H,28,32). The first-order chi connectivity index (χ1) is 15.7. The van der Waals surface area contributed by atoms with Crippen LogP contribution in [0.3, 0.4) is 0 Å². The highest BCUT2D eigenvalue weighted by molar-refractivity contribution is 5.93. The Hall–Kier alpha value is -2.99. The Kier molecular flexibility index (Phi) is 6.66. The summed E-state index contributed by atoms with van der Waals surface area (Å²) in [5, 5.41) is 7.28. The Balaban J connectivity index is 1.37. The zero-order valence-corrected chi connectivity index (χ0v) is 20.3. The van der Waals surface area contributed by atoms with Gasteiger partial charge in [-0.15, -0.1) is 0 Å². The monoisotopic (exact) mass is 446 g/mol. The molecule has 1 aliphatic rings. The minimum absolute atomic E-state index is 0.0492. The Morgan fingerprint density at radius 1 is 1.12 bits per heavy atom. The molecule has 3 aromatic rings. The molecule has 1 saturated heterocycles. The highest BCUT2D eigenvalue weighted by Gasteiger charge is 2.27. The number of hydrogen-bond donors (Lipinski definition) is 1. The van der Waals surface area contributed by atoms with Crippen LogP contribution in [0.5, 0.6) is 0 Å². The molecule has 1 unspecified atom stereocenters. The van der Waals surface area contributed by atoms with Crippen molar-refractivity contribution in [2.45, 2.75) is 59.4 Å². The van der Waals surface area contributed by atoms with Crippen molar-refractivity contribution in [2.75, 3.05) is 18.4 Å². The first kappa shape index (κ1) is 23.2. The minimum Gasteiger partial charge on any atom is -0.338 e. The molecule has 2 aromatic carbocycles. The summed E-state index contributed by atoms with van der Waals surface area (Å²) in [4.78, 5) is 19.7. The maximum absolute atomic E-state index is 12.9. The molecule has 1 amide bonds. The predicted molar refractivity (Wildman–Crippen MR) is 131 cm³/mol. The van der Waals surface area contributed by atoms with Crippen LogP contribution >= 0.6 is 0 Å². The van der Waals surface area contributed by atoms with Gasteiger partial charge < -0.3 is 9.84 Å². The SMILES string of the molecule is Cc1cc(C)cc(NC(=O)C2CCCN(Cc3nc(-c4ccc(C(C)(C)C)cc4)no3)C2)c1. The van der Waals surface area contributed by atoms with E-state index in [0.29, 0.717) is 24.8 Å². The lowest BCUT2D eigenvalue weighted by Crippen LogP contribution is -2.40. The molecule has 2 heterocycles. The molecule has 33 heavy (non-hydrogen) atoms. The molecule has 0 radical (unpaired) electrons. The Morgan fingerprint density at radius 3 is 2.48 bits per heavy atom. The van der Waals surface area contributed by atoms with Crippen molar-refractivity contribution >= 4 is 11.6 Å². The lowest BCUT2D eigenvalue weighted by Gasteiger charge is -2.30. The molecule has 0 aliphatic carbocycles. The summed E-state index contributed by atoms with van der Waals surface area (Å²) in [5.74, 6) is 1.22. The molecule has 6 nitrogen and oxygen atoms in total. The van der Waals surface area contributed by atoms with E-state index in [0.717, 1.165) is 41.8 Å². The van der Waals surface area contributed by atoms with Gasteiger partial charge in [-0.1, -0.05) is 56.3 Å². The van der Waals surface area contributed by atoms with Gasteiger partial charge in [0.25, 0.3) is 0 Å². The van der Waals surface area contributed by atoms with Gasteiger partial charge in [-0.25, -0.2) is 0 Å². The Labute approximate surface area is 196 Å². The number of piperidine rings is 1. The highest BCUT2D eigenvalue weighted by atomic mass is 16.5. The van der Waals surface area contributed by atoms with Crippen molar-refractivity contribution in [3.63, 3.8) is 0 Å². The molecule has 1 aliphatic heterocycles. The minimum atomic E-state index is -0.0492. The van der Waals surface area contributed by atoms with E-state index in [1.807, 2.05) is 38.1 Å². The van der Waals surface area contributed by atoms with E-state index < -0.39 is 0 Å². The molecule has 174 valence electrons. The Morgan fingerprint density at radius 2 is 1.82 bits per heavy atom. The van der Waals surface area contributed by atoms with Crippen molar-refractivity contribution < 1.29 is 9.32 Å². The highest BCUT2D eigenvalue weighted by Crippen LogP contribution is 2.26. The molecular formula is C27H34N4O2. The lowest BCUT2D eigenvalue weighted by atomic mass is 9.87. The number of rotatable bonds is 5. The number of nitrogens with one attached hydrogen (secondary N) is 1. The third-order valence-electron chi connectivity index (χ3n) is 6.20. The van der Waals surface area contributed by atoms with Crippen LogP contribution in [0.2, 0.25) is 0 Å². The number of aryl methyl sites for hydroxylation is 2. The molecule has 1 fully saturated rings. The molecule has 1 aromatic heterocycles. The maximum atomic E-state index is 12.9. The number of benzene rings is 2. The van der Waals surface area contributed by atoms with Gasteiger partial charge in [0.05, 0.1) is 12.5 Å². The summed E-state index contributed by atoms with van der Waals surface area (Å²) in [6, 6.07) is 14.5. The van der Waals surface area contributed by atoms with E-state index in [2.05, 4.69) is 59.3 Å². The second-order valence-electron chi connectivity index (χ2n) is 10.3. The van der Waals surface area contributed by atoms with Gasteiger partial charge in [0.1, 0.15) is 0 Å². The van der Waals surface area contributed by atoms with Crippen LogP contribution in [-0.4, -0.2) is 34.0 Å². The zero-order chi connectivity index (χ0) is 23.6. The van der Waals surface area contributed by atoms with Gasteiger partial charge in [0, 0.05) is 17.8 Å². The number of aromatic nitrogens is 2. The van der Waals surface area contributed by atoms with E-state index in [-0.39, 0.29) is 17.2 Å². The molecule has 0 bridgehead atoms. The normalized spacial score (nSPS) is 17.2. The molecule has 0 spiro atoms. The van der Waals surface area contributed by atoms with Crippen molar-refractivity contribution in [1.29, 1.82) is 0 Å². The molecular weight excluding hydrogens is 412 g/mol. The number of amides is 1. The maximum Gasteiger partial charge on any atom is 0.241 e. The zero-order valence-electron chi connectivity index (χ0n) is 20.3. The first-order valence-electron chi connectivity index (χ1n) is 11.7. The number of hydrogen-bond acceptors (Lipinski definition) is 5. The molecule has 1 N–H and O–H groups in total. The quantitative estimate of drug-likeness (QED) is 0.560. The van der Waals surface area contributed by atoms with Crippen LogP contribution in [0.1, 0.15) is 56.2 Å². The van der Waals surface area contributed by atoms with Crippen molar-refractivity contribution in [1.82, 2.24) is 15.0 Å². The average Bonchev–Trinajstić information content (AvgIpc) is 3.21. The summed E-state index contributed by atoms with van der Waals surface area (Å²) in [5.41, 5.74) is 5.49. The summed E-state index contributed by atoms with van der Waals surface area (Å²) in [6.07, 6.45) is 1.86. The van der Waals surface area contributed by atoms with Crippen molar-refractivity contribution in [3.05, 3.63) is 65.0 Å². The summed E-state index contributed by atoms with van der Waals surface area (Å²) in [6.45, 7) is 12.8.